The van der Waals surface area contributed by atoms with Crippen LogP contribution in [0.15, 0.2) is 24.3 Å². The van der Waals surface area contributed by atoms with E-state index >= 15 is 0 Å². The zero-order valence-electron chi connectivity index (χ0n) is 11.8. The largest absolute Gasteiger partial charge is 0.416 e. The van der Waals surface area contributed by atoms with Gasteiger partial charge in [-0.3, -0.25) is 9.69 Å². The second-order valence-corrected chi connectivity index (χ2v) is 4.51. The summed E-state index contributed by atoms with van der Waals surface area (Å²) in [4.78, 5) is 13.1. The Morgan fingerprint density at radius 1 is 1.15 bits per heavy atom. The summed E-state index contributed by atoms with van der Waals surface area (Å²) in [5.41, 5.74) is 0.0206. The number of rotatable bonds is 2. The van der Waals surface area contributed by atoms with E-state index in [1.54, 1.807) is 6.07 Å². The molecule has 1 heterocycles. The van der Waals surface area contributed by atoms with Crippen LogP contribution in [0.5, 0.6) is 0 Å². The third-order valence-corrected chi connectivity index (χ3v) is 3.07. The molecule has 1 saturated heterocycles. The lowest BCUT2D eigenvalue weighted by Crippen LogP contribution is -2.33. The summed E-state index contributed by atoms with van der Waals surface area (Å²) in [6.45, 7) is 5.74. The second kappa shape index (κ2) is 7.43. The van der Waals surface area contributed by atoms with Gasteiger partial charge < -0.3 is 0 Å². The summed E-state index contributed by atoms with van der Waals surface area (Å²) in [5, 5.41) is 0. The van der Waals surface area contributed by atoms with Crippen molar-refractivity contribution in [1.29, 1.82) is 0 Å². The van der Waals surface area contributed by atoms with Crippen LogP contribution in [0.2, 0.25) is 0 Å². The van der Waals surface area contributed by atoms with Crippen LogP contribution in [0.25, 0.3) is 0 Å². The SMILES string of the molecule is CC.O=C1CCN(Cc2cccc(C(F)(F)F)c2)CC1. The van der Waals surface area contributed by atoms with Crippen LogP contribution in [0.3, 0.4) is 0 Å². The molecule has 1 aromatic rings. The first-order valence-corrected chi connectivity index (χ1v) is 6.85. The zero-order valence-corrected chi connectivity index (χ0v) is 11.8. The molecule has 0 N–H and O–H groups in total. The van der Waals surface area contributed by atoms with Crippen molar-refractivity contribution in [3.8, 4) is 0 Å². The van der Waals surface area contributed by atoms with Crippen molar-refractivity contribution in [3.05, 3.63) is 35.4 Å². The van der Waals surface area contributed by atoms with Crippen molar-refractivity contribution in [2.75, 3.05) is 13.1 Å². The van der Waals surface area contributed by atoms with E-state index in [9.17, 15) is 18.0 Å². The van der Waals surface area contributed by atoms with Crippen molar-refractivity contribution in [2.45, 2.75) is 39.4 Å². The zero-order chi connectivity index (χ0) is 15.2. The van der Waals surface area contributed by atoms with E-state index in [4.69, 9.17) is 0 Å². The minimum Gasteiger partial charge on any atom is -0.300 e. The maximum absolute atomic E-state index is 12.5. The summed E-state index contributed by atoms with van der Waals surface area (Å²) in [7, 11) is 0. The van der Waals surface area contributed by atoms with Gasteiger partial charge in [-0.2, -0.15) is 13.2 Å². The first-order valence-electron chi connectivity index (χ1n) is 6.85. The molecule has 112 valence electrons. The Kier molecular flexibility index (Phi) is 6.20. The van der Waals surface area contributed by atoms with Gasteiger partial charge in [0, 0.05) is 32.5 Å². The van der Waals surface area contributed by atoms with Crippen LogP contribution in [0, 0.1) is 0 Å². The molecule has 0 spiro atoms. The number of hydrogen-bond donors (Lipinski definition) is 0. The van der Waals surface area contributed by atoms with Crippen LogP contribution in [-0.4, -0.2) is 23.8 Å². The molecule has 5 heteroatoms. The summed E-state index contributed by atoms with van der Waals surface area (Å²) in [6.07, 6.45) is -3.30. The molecule has 20 heavy (non-hydrogen) atoms. The van der Waals surface area contributed by atoms with Gasteiger partial charge in [0.2, 0.25) is 0 Å². The molecule has 2 nitrogen and oxygen atoms in total. The van der Waals surface area contributed by atoms with Crippen molar-refractivity contribution in [3.63, 3.8) is 0 Å². The van der Waals surface area contributed by atoms with Gasteiger partial charge in [0.1, 0.15) is 5.78 Å². The molecule has 0 radical (unpaired) electrons. The molecule has 0 atom stereocenters. The fourth-order valence-corrected chi connectivity index (χ4v) is 2.06. The first kappa shape index (κ1) is 16.7. The maximum atomic E-state index is 12.5. The Hall–Kier alpha value is -1.36. The number of benzene rings is 1. The van der Waals surface area contributed by atoms with Gasteiger partial charge in [-0.15, -0.1) is 0 Å². The number of carbonyl (C=O) groups is 1. The van der Waals surface area contributed by atoms with E-state index in [1.807, 2.05) is 18.7 Å². The first-order chi connectivity index (χ1) is 9.45. The highest BCUT2D eigenvalue weighted by Crippen LogP contribution is 2.29. The quantitative estimate of drug-likeness (QED) is 0.822. The molecule has 0 saturated carbocycles. The van der Waals surface area contributed by atoms with Crippen LogP contribution >= 0.6 is 0 Å². The normalized spacial score (nSPS) is 16.6. The Morgan fingerprint density at radius 2 is 1.75 bits per heavy atom. The van der Waals surface area contributed by atoms with E-state index in [0.29, 0.717) is 38.0 Å². The minimum atomic E-state index is -4.30. The molecule has 0 unspecified atom stereocenters. The smallest absolute Gasteiger partial charge is 0.300 e. The van der Waals surface area contributed by atoms with Crippen LogP contribution in [0.4, 0.5) is 13.2 Å². The van der Waals surface area contributed by atoms with E-state index in [-0.39, 0.29) is 5.78 Å². The Morgan fingerprint density at radius 3 is 2.30 bits per heavy atom. The van der Waals surface area contributed by atoms with Crippen LogP contribution in [0.1, 0.15) is 37.8 Å². The average molecular weight is 287 g/mol. The van der Waals surface area contributed by atoms with Gasteiger partial charge in [0.25, 0.3) is 0 Å². The number of carbonyl (C=O) groups excluding carboxylic acids is 1. The predicted octanol–water partition coefficient (Wildman–Crippen LogP) is 3.90. The average Bonchev–Trinajstić information content (AvgIpc) is 2.43. The fourth-order valence-electron chi connectivity index (χ4n) is 2.06. The van der Waals surface area contributed by atoms with Crippen LogP contribution < -0.4 is 0 Å². The number of ketones is 1. The third kappa shape index (κ3) is 4.96. The van der Waals surface area contributed by atoms with Gasteiger partial charge >= 0.3 is 6.18 Å². The predicted molar refractivity (Wildman–Crippen MR) is 72.3 cm³/mol. The maximum Gasteiger partial charge on any atom is 0.416 e. The number of alkyl halides is 3. The second-order valence-electron chi connectivity index (χ2n) is 4.51. The monoisotopic (exact) mass is 287 g/mol. The lowest BCUT2D eigenvalue weighted by atomic mass is 10.1. The number of Topliss-reactive ketones (excluding diaryl/α,β-unsaturated/α-hetero) is 1. The molecule has 1 aliphatic rings. The number of halogens is 3. The molecule has 1 aromatic carbocycles. The van der Waals surface area contributed by atoms with Crippen molar-refractivity contribution in [1.82, 2.24) is 4.90 Å². The van der Waals surface area contributed by atoms with Crippen molar-refractivity contribution >= 4 is 5.78 Å². The van der Waals surface area contributed by atoms with E-state index in [2.05, 4.69) is 0 Å². The molecule has 0 bridgehead atoms. The summed E-state index contributed by atoms with van der Waals surface area (Å²) in [5.74, 6) is 0.232. The molecule has 2 rings (SSSR count). The lowest BCUT2D eigenvalue weighted by molar-refractivity contribution is -0.137. The highest BCUT2D eigenvalue weighted by Gasteiger charge is 2.30. The summed E-state index contributed by atoms with van der Waals surface area (Å²) >= 11 is 0. The molecular weight excluding hydrogens is 267 g/mol. The Labute approximate surface area is 117 Å². The summed E-state index contributed by atoms with van der Waals surface area (Å²) in [6, 6.07) is 5.36. The molecular formula is C15H20F3NO. The Bertz CT molecular complexity index is 433. The van der Waals surface area contributed by atoms with Gasteiger partial charge in [-0.05, 0) is 11.6 Å². The van der Waals surface area contributed by atoms with E-state index in [0.717, 1.165) is 6.07 Å². The molecule has 0 amide bonds. The molecule has 1 fully saturated rings. The third-order valence-electron chi connectivity index (χ3n) is 3.07. The topological polar surface area (TPSA) is 20.3 Å². The summed E-state index contributed by atoms with van der Waals surface area (Å²) < 4.78 is 37.6. The van der Waals surface area contributed by atoms with Gasteiger partial charge in [-0.1, -0.05) is 32.0 Å². The van der Waals surface area contributed by atoms with Gasteiger partial charge in [-0.25, -0.2) is 0 Å². The van der Waals surface area contributed by atoms with Crippen LogP contribution in [-0.2, 0) is 17.5 Å². The van der Waals surface area contributed by atoms with E-state index < -0.39 is 11.7 Å². The standard InChI is InChI=1S/C13H14F3NO.C2H6/c14-13(15,16)11-3-1-2-10(8-11)9-17-6-4-12(18)5-7-17;1-2/h1-3,8H,4-7,9H2;1-2H3. The number of nitrogens with zero attached hydrogens (tertiary/aromatic N) is 1. The lowest BCUT2D eigenvalue weighted by Gasteiger charge is -2.25. The van der Waals surface area contributed by atoms with Gasteiger partial charge in [0.15, 0.2) is 0 Å². The number of hydrogen-bond acceptors (Lipinski definition) is 2. The number of piperidine rings is 1. The fraction of sp³-hybridized carbons (Fsp3) is 0.533. The number of likely N-dealkylation sites (tertiary alicyclic amines) is 1. The van der Waals surface area contributed by atoms with Crippen molar-refractivity contribution < 1.29 is 18.0 Å². The highest BCUT2D eigenvalue weighted by atomic mass is 19.4. The van der Waals surface area contributed by atoms with E-state index in [1.165, 1.54) is 12.1 Å². The van der Waals surface area contributed by atoms with Crippen molar-refractivity contribution in [2.24, 2.45) is 0 Å². The minimum absolute atomic E-state index is 0.232. The van der Waals surface area contributed by atoms with Gasteiger partial charge in [0.05, 0.1) is 5.56 Å². The molecule has 0 aliphatic carbocycles. The highest BCUT2D eigenvalue weighted by molar-refractivity contribution is 5.79. The molecule has 1 aliphatic heterocycles. The molecule has 0 aromatic heterocycles. The Balaban J connectivity index is 0.000000956.